The van der Waals surface area contributed by atoms with Gasteiger partial charge < -0.3 is 14.8 Å². The molecule has 2 aromatic rings. The number of hydrogen-bond acceptors (Lipinski definition) is 4. The molecule has 0 aromatic heterocycles. The SMILES string of the molecule is COc1cc(CNC(C)c2ccc(CC(C)C)cc2)ccc1OCC#N. The van der Waals surface area contributed by atoms with Crippen molar-refractivity contribution in [1.82, 2.24) is 5.32 Å². The molecule has 26 heavy (non-hydrogen) atoms. The van der Waals surface area contributed by atoms with Crippen molar-refractivity contribution in [3.05, 3.63) is 59.2 Å². The van der Waals surface area contributed by atoms with Crippen molar-refractivity contribution >= 4 is 0 Å². The fourth-order valence-corrected chi connectivity index (χ4v) is 2.85. The lowest BCUT2D eigenvalue weighted by Gasteiger charge is -2.16. The molecule has 138 valence electrons. The third-order valence-electron chi connectivity index (χ3n) is 4.26. The maximum atomic E-state index is 8.63. The highest BCUT2D eigenvalue weighted by Crippen LogP contribution is 2.28. The zero-order valence-electron chi connectivity index (χ0n) is 16.1. The van der Waals surface area contributed by atoms with Crippen LogP contribution in [0.1, 0.15) is 43.5 Å². The first kappa shape index (κ1) is 19.8. The highest BCUT2D eigenvalue weighted by atomic mass is 16.5. The molecule has 0 radical (unpaired) electrons. The van der Waals surface area contributed by atoms with Gasteiger partial charge in [-0.2, -0.15) is 5.26 Å². The molecule has 1 N–H and O–H groups in total. The van der Waals surface area contributed by atoms with Crippen molar-refractivity contribution in [1.29, 1.82) is 5.26 Å². The summed E-state index contributed by atoms with van der Waals surface area (Å²) in [6, 6.07) is 16.8. The average molecular weight is 352 g/mol. The maximum absolute atomic E-state index is 8.63. The van der Waals surface area contributed by atoms with Crippen LogP contribution in [-0.4, -0.2) is 13.7 Å². The molecule has 0 bridgehead atoms. The van der Waals surface area contributed by atoms with Gasteiger partial charge >= 0.3 is 0 Å². The summed E-state index contributed by atoms with van der Waals surface area (Å²) in [5, 5.41) is 12.2. The van der Waals surface area contributed by atoms with Gasteiger partial charge in [0.05, 0.1) is 7.11 Å². The molecule has 0 aliphatic heterocycles. The van der Waals surface area contributed by atoms with Crippen LogP contribution in [0.25, 0.3) is 0 Å². The highest BCUT2D eigenvalue weighted by Gasteiger charge is 2.09. The molecule has 0 spiro atoms. The number of nitrogens with zero attached hydrogens (tertiary/aromatic N) is 1. The summed E-state index contributed by atoms with van der Waals surface area (Å²) in [7, 11) is 1.60. The number of ether oxygens (including phenoxy) is 2. The zero-order valence-corrected chi connectivity index (χ0v) is 16.1. The Balaban J connectivity index is 1.96. The third kappa shape index (κ3) is 5.79. The van der Waals surface area contributed by atoms with E-state index in [-0.39, 0.29) is 12.6 Å². The van der Waals surface area contributed by atoms with Gasteiger partial charge in [0.2, 0.25) is 0 Å². The second kappa shape index (κ2) is 9.84. The van der Waals surface area contributed by atoms with Gasteiger partial charge in [-0.25, -0.2) is 0 Å². The molecule has 1 unspecified atom stereocenters. The molecule has 0 amide bonds. The lowest BCUT2D eigenvalue weighted by Crippen LogP contribution is -2.18. The first-order valence-electron chi connectivity index (χ1n) is 9.02. The Labute approximate surface area is 156 Å². The summed E-state index contributed by atoms with van der Waals surface area (Å²) in [5.41, 5.74) is 3.77. The van der Waals surface area contributed by atoms with Gasteiger partial charge in [-0.15, -0.1) is 0 Å². The van der Waals surface area contributed by atoms with E-state index in [9.17, 15) is 0 Å². The molecular formula is C22H28N2O2. The summed E-state index contributed by atoms with van der Waals surface area (Å²) in [6.07, 6.45) is 1.11. The molecule has 0 saturated heterocycles. The second-order valence-corrected chi connectivity index (χ2v) is 6.87. The Kier molecular flexibility index (Phi) is 7.50. The predicted octanol–water partition coefficient (Wildman–Crippen LogP) is 4.65. The molecule has 0 aliphatic carbocycles. The van der Waals surface area contributed by atoms with Crippen molar-refractivity contribution < 1.29 is 9.47 Å². The van der Waals surface area contributed by atoms with Crippen LogP contribution in [0.5, 0.6) is 11.5 Å². The van der Waals surface area contributed by atoms with Gasteiger partial charge in [0.25, 0.3) is 0 Å². The van der Waals surface area contributed by atoms with Crippen molar-refractivity contribution in [2.45, 2.75) is 39.8 Å². The van der Waals surface area contributed by atoms with E-state index in [2.05, 4.69) is 50.4 Å². The molecule has 0 heterocycles. The van der Waals surface area contributed by atoms with E-state index < -0.39 is 0 Å². The Morgan fingerprint density at radius 3 is 2.31 bits per heavy atom. The van der Waals surface area contributed by atoms with Crippen molar-refractivity contribution in [2.75, 3.05) is 13.7 Å². The summed E-state index contributed by atoms with van der Waals surface area (Å²) in [5.74, 6) is 1.91. The van der Waals surface area contributed by atoms with Gasteiger partial charge in [0.1, 0.15) is 6.07 Å². The Hall–Kier alpha value is -2.51. The van der Waals surface area contributed by atoms with Crippen molar-refractivity contribution in [2.24, 2.45) is 5.92 Å². The molecule has 2 aromatic carbocycles. The van der Waals surface area contributed by atoms with Crippen LogP contribution in [0.3, 0.4) is 0 Å². The minimum absolute atomic E-state index is 0.0117. The lowest BCUT2D eigenvalue weighted by atomic mass is 10.00. The monoisotopic (exact) mass is 352 g/mol. The number of benzene rings is 2. The quantitative estimate of drug-likeness (QED) is 0.714. The summed E-state index contributed by atoms with van der Waals surface area (Å²) in [6.45, 7) is 7.38. The maximum Gasteiger partial charge on any atom is 0.174 e. The number of methoxy groups -OCH3 is 1. The average Bonchev–Trinajstić information content (AvgIpc) is 2.64. The first-order chi connectivity index (χ1) is 12.5. The Morgan fingerprint density at radius 1 is 1.00 bits per heavy atom. The first-order valence-corrected chi connectivity index (χ1v) is 9.02. The van der Waals surface area contributed by atoms with Gasteiger partial charge in [0, 0.05) is 12.6 Å². The molecule has 2 rings (SSSR count). The fraction of sp³-hybridized carbons (Fsp3) is 0.409. The van der Waals surface area contributed by atoms with Crippen LogP contribution in [-0.2, 0) is 13.0 Å². The normalized spacial score (nSPS) is 11.8. The van der Waals surface area contributed by atoms with E-state index in [0.29, 0.717) is 17.4 Å². The van der Waals surface area contributed by atoms with Crippen LogP contribution >= 0.6 is 0 Å². The van der Waals surface area contributed by atoms with Crippen LogP contribution in [0.15, 0.2) is 42.5 Å². The van der Waals surface area contributed by atoms with Crippen LogP contribution in [0, 0.1) is 17.2 Å². The molecule has 0 aliphatic rings. The number of rotatable bonds is 9. The fourth-order valence-electron chi connectivity index (χ4n) is 2.85. The summed E-state index contributed by atoms with van der Waals surface area (Å²) in [4.78, 5) is 0. The number of hydrogen-bond donors (Lipinski definition) is 1. The smallest absolute Gasteiger partial charge is 0.174 e. The number of nitriles is 1. The molecular weight excluding hydrogens is 324 g/mol. The Morgan fingerprint density at radius 2 is 1.69 bits per heavy atom. The molecule has 4 heteroatoms. The van der Waals surface area contributed by atoms with E-state index in [4.69, 9.17) is 14.7 Å². The van der Waals surface area contributed by atoms with Gasteiger partial charge in [-0.1, -0.05) is 44.2 Å². The van der Waals surface area contributed by atoms with Crippen LogP contribution in [0.2, 0.25) is 0 Å². The number of nitrogens with one attached hydrogen (secondary N) is 1. The van der Waals surface area contributed by atoms with Crippen LogP contribution in [0.4, 0.5) is 0 Å². The summed E-state index contributed by atoms with van der Waals surface area (Å²) < 4.78 is 10.7. The second-order valence-electron chi connectivity index (χ2n) is 6.87. The predicted molar refractivity (Wildman–Crippen MR) is 104 cm³/mol. The topological polar surface area (TPSA) is 54.3 Å². The van der Waals surface area contributed by atoms with E-state index in [0.717, 1.165) is 18.5 Å². The molecule has 4 nitrogen and oxygen atoms in total. The van der Waals surface area contributed by atoms with Crippen molar-refractivity contribution in [3.8, 4) is 17.6 Å². The highest BCUT2D eigenvalue weighted by molar-refractivity contribution is 5.43. The summed E-state index contributed by atoms with van der Waals surface area (Å²) >= 11 is 0. The van der Waals surface area contributed by atoms with E-state index >= 15 is 0 Å². The minimum Gasteiger partial charge on any atom is -0.493 e. The van der Waals surface area contributed by atoms with Crippen LogP contribution < -0.4 is 14.8 Å². The standard InChI is InChI=1S/C22H28N2O2/c1-16(2)13-18-5-8-20(9-6-18)17(3)24-15-19-7-10-21(26-12-11-23)22(14-19)25-4/h5-10,14,16-17,24H,12-13,15H2,1-4H3. The zero-order chi connectivity index (χ0) is 18.9. The van der Waals surface area contributed by atoms with E-state index in [1.807, 2.05) is 24.3 Å². The van der Waals surface area contributed by atoms with E-state index in [1.165, 1.54) is 11.1 Å². The Bertz CT molecular complexity index is 733. The largest absolute Gasteiger partial charge is 0.493 e. The van der Waals surface area contributed by atoms with Gasteiger partial charge in [0.15, 0.2) is 18.1 Å². The van der Waals surface area contributed by atoms with E-state index in [1.54, 1.807) is 7.11 Å². The van der Waals surface area contributed by atoms with Gasteiger partial charge in [-0.3, -0.25) is 0 Å². The van der Waals surface area contributed by atoms with Crippen molar-refractivity contribution in [3.63, 3.8) is 0 Å². The molecule has 0 fully saturated rings. The molecule has 1 atom stereocenters. The van der Waals surface area contributed by atoms with Gasteiger partial charge in [-0.05, 0) is 48.1 Å². The third-order valence-corrected chi connectivity index (χ3v) is 4.26. The molecule has 0 saturated carbocycles. The lowest BCUT2D eigenvalue weighted by molar-refractivity contribution is 0.329. The minimum atomic E-state index is 0.0117.